The number of aromatic nitrogens is 1. The van der Waals surface area contributed by atoms with Crippen LogP contribution in [0.4, 0.5) is 10.8 Å². The van der Waals surface area contributed by atoms with E-state index >= 15 is 0 Å². The van der Waals surface area contributed by atoms with Gasteiger partial charge in [-0.25, -0.2) is 15.3 Å². The summed E-state index contributed by atoms with van der Waals surface area (Å²) in [6.45, 7) is 1.82. The monoisotopic (exact) mass is 386 g/mol. The average molecular weight is 387 g/mol. The van der Waals surface area contributed by atoms with Gasteiger partial charge in [0, 0.05) is 5.02 Å². The minimum Gasteiger partial charge on any atom is -0.296 e. The zero-order valence-electron chi connectivity index (χ0n) is 13.8. The van der Waals surface area contributed by atoms with Crippen LogP contribution in [0.5, 0.6) is 0 Å². The molecule has 26 heavy (non-hydrogen) atoms. The van der Waals surface area contributed by atoms with Crippen LogP contribution in [0, 0.1) is 6.92 Å². The Morgan fingerprint density at radius 2 is 2.04 bits per heavy atom. The SMILES string of the molecule is Cc1cc(Cl)ccc1N1C(=O)CC(NNc2nc3ccccc3s2)C1=O. The molecule has 1 unspecified atom stereocenters. The summed E-state index contributed by atoms with van der Waals surface area (Å²) in [6.07, 6.45) is 0.0821. The summed E-state index contributed by atoms with van der Waals surface area (Å²) in [4.78, 5) is 30.7. The third-order valence-corrected chi connectivity index (χ3v) is 5.38. The Hall–Kier alpha value is -2.48. The summed E-state index contributed by atoms with van der Waals surface area (Å²) in [5.41, 5.74) is 8.11. The van der Waals surface area contributed by atoms with E-state index in [1.807, 2.05) is 31.2 Å². The molecule has 1 fully saturated rings. The van der Waals surface area contributed by atoms with E-state index in [-0.39, 0.29) is 18.2 Å². The molecule has 0 spiro atoms. The van der Waals surface area contributed by atoms with Crippen LogP contribution in [-0.2, 0) is 9.59 Å². The molecular weight excluding hydrogens is 372 g/mol. The van der Waals surface area contributed by atoms with Gasteiger partial charge in [0.2, 0.25) is 5.91 Å². The summed E-state index contributed by atoms with van der Waals surface area (Å²) >= 11 is 7.43. The minimum absolute atomic E-state index is 0.0821. The fourth-order valence-electron chi connectivity index (χ4n) is 2.94. The number of rotatable bonds is 4. The van der Waals surface area contributed by atoms with Crippen LogP contribution in [0.15, 0.2) is 42.5 Å². The summed E-state index contributed by atoms with van der Waals surface area (Å²) < 4.78 is 1.05. The number of imide groups is 1. The highest BCUT2D eigenvalue weighted by molar-refractivity contribution is 7.22. The number of carbonyl (C=O) groups is 2. The number of halogens is 1. The highest BCUT2D eigenvalue weighted by Gasteiger charge is 2.40. The molecule has 8 heteroatoms. The molecule has 0 radical (unpaired) electrons. The van der Waals surface area contributed by atoms with Crippen molar-refractivity contribution < 1.29 is 9.59 Å². The van der Waals surface area contributed by atoms with Crippen LogP contribution in [0.3, 0.4) is 0 Å². The van der Waals surface area contributed by atoms with E-state index in [1.54, 1.807) is 18.2 Å². The maximum absolute atomic E-state index is 12.7. The largest absolute Gasteiger partial charge is 0.296 e. The van der Waals surface area contributed by atoms with Crippen molar-refractivity contribution >= 4 is 55.8 Å². The number of carbonyl (C=O) groups excluding carboxylic acids is 2. The van der Waals surface area contributed by atoms with Gasteiger partial charge >= 0.3 is 0 Å². The molecule has 2 N–H and O–H groups in total. The Kier molecular flexibility index (Phi) is 4.36. The van der Waals surface area contributed by atoms with Gasteiger partial charge in [-0.15, -0.1) is 0 Å². The van der Waals surface area contributed by atoms with E-state index in [2.05, 4.69) is 15.8 Å². The number of para-hydroxylation sites is 1. The molecule has 1 aromatic heterocycles. The van der Waals surface area contributed by atoms with Crippen molar-refractivity contribution in [3.8, 4) is 0 Å². The number of hydrogen-bond acceptors (Lipinski definition) is 6. The molecule has 0 bridgehead atoms. The lowest BCUT2D eigenvalue weighted by Crippen LogP contribution is -2.41. The van der Waals surface area contributed by atoms with Crippen LogP contribution in [0.2, 0.25) is 5.02 Å². The second-order valence-corrected chi connectivity index (χ2v) is 7.48. The molecule has 1 saturated heterocycles. The quantitative estimate of drug-likeness (QED) is 0.530. The fraction of sp³-hybridized carbons (Fsp3) is 0.167. The van der Waals surface area contributed by atoms with Crippen molar-refractivity contribution in [1.29, 1.82) is 0 Å². The lowest BCUT2D eigenvalue weighted by atomic mass is 10.2. The number of anilines is 2. The Bertz CT molecular complexity index is 986. The lowest BCUT2D eigenvalue weighted by molar-refractivity contribution is -0.121. The normalized spacial score (nSPS) is 17.3. The smallest absolute Gasteiger partial charge is 0.253 e. The number of nitrogens with zero attached hydrogens (tertiary/aromatic N) is 2. The van der Waals surface area contributed by atoms with Crippen molar-refractivity contribution in [2.24, 2.45) is 0 Å². The molecule has 2 aromatic carbocycles. The Labute approximate surface area is 158 Å². The topological polar surface area (TPSA) is 74.3 Å². The van der Waals surface area contributed by atoms with Gasteiger partial charge < -0.3 is 0 Å². The molecule has 6 nitrogen and oxygen atoms in total. The predicted molar refractivity (Wildman–Crippen MR) is 103 cm³/mol. The second kappa shape index (κ2) is 6.68. The van der Waals surface area contributed by atoms with Crippen molar-refractivity contribution in [3.05, 3.63) is 53.1 Å². The van der Waals surface area contributed by atoms with Crippen LogP contribution in [-0.4, -0.2) is 22.8 Å². The third kappa shape index (κ3) is 3.05. The number of hydrazine groups is 1. The van der Waals surface area contributed by atoms with Gasteiger partial charge in [0.25, 0.3) is 5.91 Å². The van der Waals surface area contributed by atoms with Crippen molar-refractivity contribution in [1.82, 2.24) is 10.4 Å². The molecule has 4 rings (SSSR count). The van der Waals surface area contributed by atoms with Gasteiger partial charge in [-0.05, 0) is 42.8 Å². The number of nitrogens with one attached hydrogen (secondary N) is 2. The number of hydrogen-bond donors (Lipinski definition) is 2. The van der Waals surface area contributed by atoms with Crippen molar-refractivity contribution in [2.75, 3.05) is 10.3 Å². The fourth-order valence-corrected chi connectivity index (χ4v) is 4.00. The van der Waals surface area contributed by atoms with Gasteiger partial charge in [0.05, 0.1) is 22.3 Å². The van der Waals surface area contributed by atoms with E-state index in [4.69, 9.17) is 11.6 Å². The molecular formula is C18H15ClN4O2S. The van der Waals surface area contributed by atoms with Gasteiger partial charge in [0.1, 0.15) is 6.04 Å². The second-order valence-electron chi connectivity index (χ2n) is 6.01. The maximum atomic E-state index is 12.7. The predicted octanol–water partition coefficient (Wildman–Crippen LogP) is 3.51. The number of thiazole rings is 1. The first-order valence-electron chi connectivity index (χ1n) is 8.03. The number of benzene rings is 2. The van der Waals surface area contributed by atoms with Gasteiger partial charge in [-0.1, -0.05) is 35.1 Å². The van der Waals surface area contributed by atoms with Crippen LogP contribution < -0.4 is 15.8 Å². The zero-order valence-corrected chi connectivity index (χ0v) is 15.4. The summed E-state index contributed by atoms with van der Waals surface area (Å²) in [5.74, 6) is -0.543. The third-order valence-electron chi connectivity index (χ3n) is 4.19. The Morgan fingerprint density at radius 1 is 1.23 bits per heavy atom. The van der Waals surface area contributed by atoms with E-state index in [0.717, 1.165) is 15.8 Å². The highest BCUT2D eigenvalue weighted by Crippen LogP contribution is 2.29. The maximum Gasteiger partial charge on any atom is 0.253 e. The number of aryl methyl sites for hydroxylation is 1. The lowest BCUT2D eigenvalue weighted by Gasteiger charge is -2.18. The standard InChI is InChI=1S/C18H15ClN4O2S/c1-10-8-11(19)6-7-14(10)23-16(24)9-13(17(23)25)21-22-18-20-12-4-2-3-5-15(12)26-18/h2-8,13,21H,9H2,1H3,(H,20,22). The van der Waals surface area contributed by atoms with Gasteiger partial charge in [-0.2, -0.15) is 0 Å². The highest BCUT2D eigenvalue weighted by atomic mass is 35.5. The van der Waals surface area contributed by atoms with Gasteiger partial charge in [0.15, 0.2) is 5.13 Å². The first-order chi connectivity index (χ1) is 12.5. The Morgan fingerprint density at radius 3 is 2.81 bits per heavy atom. The van der Waals surface area contributed by atoms with Gasteiger partial charge in [-0.3, -0.25) is 15.0 Å². The zero-order chi connectivity index (χ0) is 18.3. The molecule has 2 heterocycles. The molecule has 1 aliphatic rings. The number of amides is 2. The molecule has 2 amide bonds. The van der Waals surface area contributed by atoms with Crippen LogP contribution in [0.1, 0.15) is 12.0 Å². The van der Waals surface area contributed by atoms with Crippen LogP contribution >= 0.6 is 22.9 Å². The summed E-state index contributed by atoms with van der Waals surface area (Å²) in [5, 5.41) is 1.21. The van der Waals surface area contributed by atoms with Crippen molar-refractivity contribution in [2.45, 2.75) is 19.4 Å². The van der Waals surface area contributed by atoms with E-state index < -0.39 is 6.04 Å². The first-order valence-corrected chi connectivity index (χ1v) is 9.22. The molecule has 0 aliphatic carbocycles. The molecule has 1 aliphatic heterocycles. The van der Waals surface area contributed by atoms with Crippen molar-refractivity contribution in [3.63, 3.8) is 0 Å². The van der Waals surface area contributed by atoms with E-state index in [9.17, 15) is 9.59 Å². The molecule has 132 valence electrons. The Balaban J connectivity index is 1.50. The number of fused-ring (bicyclic) bond motifs is 1. The average Bonchev–Trinajstić information content (AvgIpc) is 3.14. The van der Waals surface area contributed by atoms with E-state index in [0.29, 0.717) is 15.8 Å². The molecule has 1 atom stereocenters. The summed E-state index contributed by atoms with van der Waals surface area (Å²) in [7, 11) is 0. The molecule has 3 aromatic rings. The van der Waals surface area contributed by atoms with Crippen LogP contribution in [0.25, 0.3) is 10.2 Å². The molecule has 0 saturated carbocycles. The minimum atomic E-state index is -0.649. The summed E-state index contributed by atoms with van der Waals surface area (Å²) in [6, 6.07) is 12.2. The van der Waals surface area contributed by atoms with E-state index in [1.165, 1.54) is 16.2 Å². The first kappa shape index (κ1) is 17.0.